The number of nitrogens with two attached hydrogens (primary N) is 1. The maximum atomic E-state index is 11.7. The highest BCUT2D eigenvalue weighted by Gasteiger charge is 2.08. The van der Waals surface area contributed by atoms with E-state index in [9.17, 15) is 4.79 Å². The number of nitrogens with zero attached hydrogens (tertiary/aromatic N) is 1. The van der Waals surface area contributed by atoms with Gasteiger partial charge in [-0.25, -0.2) is 5.84 Å². The first-order chi connectivity index (χ1) is 7.58. The van der Waals surface area contributed by atoms with Gasteiger partial charge in [-0.15, -0.1) is 0 Å². The number of hydrazine groups is 1. The van der Waals surface area contributed by atoms with Crippen LogP contribution in [0.25, 0.3) is 10.8 Å². The van der Waals surface area contributed by atoms with Gasteiger partial charge in [0, 0.05) is 12.6 Å². The molecule has 2 rings (SSSR count). The number of amides is 1. The van der Waals surface area contributed by atoms with Gasteiger partial charge in [0.1, 0.15) is 0 Å². The van der Waals surface area contributed by atoms with Crippen LogP contribution < -0.4 is 5.84 Å². The van der Waals surface area contributed by atoms with E-state index in [-0.39, 0.29) is 5.91 Å². The second kappa shape index (κ2) is 3.94. The Kier molecular flexibility index (Phi) is 2.62. The zero-order valence-electron chi connectivity index (χ0n) is 9.40. The average Bonchev–Trinajstić information content (AvgIpc) is 2.27. The van der Waals surface area contributed by atoms with Crippen LogP contribution in [-0.2, 0) is 0 Å². The zero-order valence-corrected chi connectivity index (χ0v) is 9.40. The van der Waals surface area contributed by atoms with Crippen LogP contribution in [0.5, 0.6) is 0 Å². The van der Waals surface area contributed by atoms with Crippen molar-refractivity contribution in [3.63, 3.8) is 0 Å². The first kappa shape index (κ1) is 10.6. The number of rotatable bonds is 1. The lowest BCUT2D eigenvalue weighted by atomic mass is 10.0. The Morgan fingerprint density at radius 1 is 1.12 bits per heavy atom. The number of hydrogen-bond acceptors (Lipinski definition) is 2. The molecule has 2 aromatic rings. The van der Waals surface area contributed by atoms with E-state index in [1.165, 1.54) is 5.56 Å². The molecule has 16 heavy (non-hydrogen) atoms. The summed E-state index contributed by atoms with van der Waals surface area (Å²) in [4.78, 5) is 11.7. The van der Waals surface area contributed by atoms with Gasteiger partial charge in [-0.1, -0.05) is 29.8 Å². The molecule has 0 bridgehead atoms. The Morgan fingerprint density at radius 2 is 1.75 bits per heavy atom. The lowest BCUT2D eigenvalue weighted by Crippen LogP contribution is -2.32. The van der Waals surface area contributed by atoms with Gasteiger partial charge in [-0.2, -0.15) is 0 Å². The molecule has 0 aliphatic rings. The van der Waals surface area contributed by atoms with Crippen molar-refractivity contribution in [1.29, 1.82) is 0 Å². The Hall–Kier alpha value is -1.87. The van der Waals surface area contributed by atoms with Crippen LogP contribution in [0.2, 0.25) is 0 Å². The van der Waals surface area contributed by atoms with Gasteiger partial charge in [-0.3, -0.25) is 9.80 Å². The predicted octanol–water partition coefficient (Wildman–Crippen LogP) is 2.09. The minimum atomic E-state index is -0.178. The molecule has 0 aliphatic carbocycles. The molecule has 0 aliphatic heterocycles. The monoisotopic (exact) mass is 214 g/mol. The first-order valence-corrected chi connectivity index (χ1v) is 5.11. The van der Waals surface area contributed by atoms with Crippen LogP contribution in [0.4, 0.5) is 0 Å². The number of carbonyl (C=O) groups excluding carboxylic acids is 1. The smallest absolute Gasteiger partial charge is 0.267 e. The molecule has 0 fully saturated rings. The van der Waals surface area contributed by atoms with Crippen LogP contribution in [0, 0.1) is 6.92 Å². The number of fused-ring (bicyclic) bond motifs is 1. The highest BCUT2D eigenvalue weighted by molar-refractivity contribution is 5.98. The number of benzene rings is 2. The largest absolute Gasteiger partial charge is 0.280 e. The van der Waals surface area contributed by atoms with Gasteiger partial charge in [0.15, 0.2) is 0 Å². The Balaban J connectivity index is 2.52. The molecule has 0 spiro atoms. The lowest BCUT2D eigenvalue weighted by Gasteiger charge is -2.10. The normalized spacial score (nSPS) is 10.4. The molecular weight excluding hydrogens is 200 g/mol. The van der Waals surface area contributed by atoms with Crippen molar-refractivity contribution >= 4 is 16.7 Å². The third kappa shape index (κ3) is 1.90. The Morgan fingerprint density at radius 3 is 2.44 bits per heavy atom. The van der Waals surface area contributed by atoms with E-state index in [1.807, 2.05) is 31.2 Å². The zero-order chi connectivity index (χ0) is 11.7. The van der Waals surface area contributed by atoms with Gasteiger partial charge in [0.05, 0.1) is 0 Å². The third-order valence-corrected chi connectivity index (χ3v) is 2.56. The number of aryl methyl sites for hydroxylation is 1. The fourth-order valence-corrected chi connectivity index (χ4v) is 1.70. The molecule has 0 aromatic heterocycles. The molecule has 2 N–H and O–H groups in total. The summed E-state index contributed by atoms with van der Waals surface area (Å²) in [5.74, 6) is 5.24. The number of hydrogen-bond donors (Lipinski definition) is 1. The van der Waals surface area contributed by atoms with E-state index in [0.29, 0.717) is 5.56 Å². The summed E-state index contributed by atoms with van der Waals surface area (Å²) in [7, 11) is 1.54. The molecule has 2 aromatic carbocycles. The summed E-state index contributed by atoms with van der Waals surface area (Å²) in [6.45, 7) is 2.05. The first-order valence-electron chi connectivity index (χ1n) is 5.11. The van der Waals surface area contributed by atoms with Gasteiger partial charge in [0.2, 0.25) is 0 Å². The van der Waals surface area contributed by atoms with Crippen molar-refractivity contribution in [1.82, 2.24) is 5.01 Å². The van der Waals surface area contributed by atoms with Crippen LogP contribution in [0.3, 0.4) is 0 Å². The molecule has 3 heteroatoms. The minimum Gasteiger partial charge on any atom is -0.280 e. The van der Waals surface area contributed by atoms with E-state index in [0.717, 1.165) is 15.8 Å². The summed E-state index contributed by atoms with van der Waals surface area (Å²) >= 11 is 0. The summed E-state index contributed by atoms with van der Waals surface area (Å²) in [6, 6.07) is 11.7. The van der Waals surface area contributed by atoms with Gasteiger partial charge in [-0.05, 0) is 29.8 Å². The fraction of sp³-hybridized carbons (Fsp3) is 0.154. The van der Waals surface area contributed by atoms with Crippen LogP contribution >= 0.6 is 0 Å². The number of carbonyl (C=O) groups is 1. The van der Waals surface area contributed by atoms with E-state index in [1.54, 1.807) is 13.1 Å². The van der Waals surface area contributed by atoms with Gasteiger partial charge in [0.25, 0.3) is 5.91 Å². The lowest BCUT2D eigenvalue weighted by molar-refractivity contribution is 0.0795. The van der Waals surface area contributed by atoms with Crippen molar-refractivity contribution in [3.05, 3.63) is 47.5 Å². The van der Waals surface area contributed by atoms with Crippen molar-refractivity contribution in [2.24, 2.45) is 5.84 Å². The quantitative estimate of drug-likeness (QED) is 0.449. The Bertz CT molecular complexity index is 547. The molecule has 0 saturated heterocycles. The van der Waals surface area contributed by atoms with E-state index >= 15 is 0 Å². The summed E-state index contributed by atoms with van der Waals surface area (Å²) in [5.41, 5.74) is 1.82. The maximum absolute atomic E-state index is 11.7. The summed E-state index contributed by atoms with van der Waals surface area (Å²) in [5, 5.41) is 3.28. The molecule has 0 saturated carbocycles. The SMILES string of the molecule is Cc1ccc2cc(C(=O)N(C)N)ccc2c1. The summed E-state index contributed by atoms with van der Waals surface area (Å²) in [6.07, 6.45) is 0. The van der Waals surface area contributed by atoms with E-state index < -0.39 is 0 Å². The van der Waals surface area contributed by atoms with E-state index in [4.69, 9.17) is 5.84 Å². The third-order valence-electron chi connectivity index (χ3n) is 2.56. The highest BCUT2D eigenvalue weighted by atomic mass is 16.2. The molecule has 0 heterocycles. The fourth-order valence-electron chi connectivity index (χ4n) is 1.70. The Labute approximate surface area is 94.4 Å². The molecule has 82 valence electrons. The van der Waals surface area contributed by atoms with E-state index in [2.05, 4.69) is 6.07 Å². The average molecular weight is 214 g/mol. The highest BCUT2D eigenvalue weighted by Crippen LogP contribution is 2.18. The molecule has 0 unspecified atom stereocenters. The van der Waals surface area contributed by atoms with Gasteiger partial charge >= 0.3 is 0 Å². The topological polar surface area (TPSA) is 46.3 Å². The molecule has 0 radical (unpaired) electrons. The minimum absolute atomic E-state index is 0.178. The van der Waals surface area contributed by atoms with Crippen LogP contribution in [0.15, 0.2) is 36.4 Å². The standard InChI is InChI=1S/C13H14N2O/c1-9-3-4-11-8-12(13(16)15(2)14)6-5-10(11)7-9/h3-8H,14H2,1-2H3. The van der Waals surface area contributed by atoms with Crippen molar-refractivity contribution in [2.45, 2.75) is 6.92 Å². The second-order valence-electron chi connectivity index (χ2n) is 3.98. The van der Waals surface area contributed by atoms with Crippen molar-refractivity contribution < 1.29 is 4.79 Å². The van der Waals surface area contributed by atoms with Crippen molar-refractivity contribution in [2.75, 3.05) is 7.05 Å². The van der Waals surface area contributed by atoms with Crippen molar-refractivity contribution in [3.8, 4) is 0 Å². The predicted molar refractivity (Wildman–Crippen MR) is 65.0 cm³/mol. The molecule has 0 atom stereocenters. The van der Waals surface area contributed by atoms with Crippen LogP contribution in [-0.4, -0.2) is 18.0 Å². The molecule has 1 amide bonds. The molecule has 3 nitrogen and oxygen atoms in total. The molecular formula is C13H14N2O. The van der Waals surface area contributed by atoms with Crippen LogP contribution in [0.1, 0.15) is 15.9 Å². The second-order valence-corrected chi connectivity index (χ2v) is 3.98. The maximum Gasteiger partial charge on any atom is 0.267 e. The summed E-state index contributed by atoms with van der Waals surface area (Å²) < 4.78 is 0. The van der Waals surface area contributed by atoms with Gasteiger partial charge < -0.3 is 0 Å².